The molecule has 0 saturated carbocycles. The van der Waals surface area contributed by atoms with Crippen LogP contribution in [-0.2, 0) is 0 Å². The Balaban J connectivity index is 2.90. The largest absolute Gasteiger partial charge is 0.342 e. The van der Waals surface area contributed by atoms with Crippen molar-refractivity contribution in [3.8, 4) is 0 Å². The van der Waals surface area contributed by atoms with E-state index in [2.05, 4.69) is 11.9 Å². The molecule has 21 heavy (non-hydrogen) atoms. The van der Waals surface area contributed by atoms with Crippen LogP contribution in [0.15, 0.2) is 18.5 Å². The number of unbranched alkanes of at least 4 members (excludes halogenated alkanes) is 1. The van der Waals surface area contributed by atoms with E-state index in [0.29, 0.717) is 30.8 Å². The van der Waals surface area contributed by atoms with Crippen molar-refractivity contribution in [3.05, 3.63) is 29.6 Å². The van der Waals surface area contributed by atoms with Crippen molar-refractivity contribution in [1.29, 1.82) is 0 Å². The predicted molar refractivity (Wildman–Crippen MR) is 83.4 cm³/mol. The first kappa shape index (κ1) is 17.1. The monoisotopic (exact) mass is 291 g/mol. The van der Waals surface area contributed by atoms with Gasteiger partial charge < -0.3 is 9.80 Å². The van der Waals surface area contributed by atoms with Crippen LogP contribution in [-0.4, -0.2) is 53.3 Å². The molecule has 0 aliphatic rings. The first-order valence-electron chi connectivity index (χ1n) is 7.54. The number of carbonyl (C=O) groups excluding carboxylic acids is 2. The highest BCUT2D eigenvalue weighted by molar-refractivity contribution is 5.99. The summed E-state index contributed by atoms with van der Waals surface area (Å²) in [5.74, 6) is -0.177. The first-order valence-corrected chi connectivity index (χ1v) is 7.54. The summed E-state index contributed by atoms with van der Waals surface area (Å²) in [6.07, 6.45) is 5.04. The van der Waals surface area contributed by atoms with E-state index in [4.69, 9.17) is 0 Å². The Labute approximate surface area is 127 Å². The second-order valence-electron chi connectivity index (χ2n) is 5.02. The van der Waals surface area contributed by atoms with Gasteiger partial charge in [0.15, 0.2) is 0 Å². The maximum atomic E-state index is 12.3. The van der Waals surface area contributed by atoms with Gasteiger partial charge in [-0.2, -0.15) is 0 Å². The van der Waals surface area contributed by atoms with Crippen LogP contribution in [0.25, 0.3) is 0 Å². The van der Waals surface area contributed by atoms with Crippen LogP contribution in [0.4, 0.5) is 0 Å². The third-order valence-electron chi connectivity index (χ3n) is 3.48. The minimum atomic E-state index is -0.0925. The molecule has 5 heteroatoms. The second kappa shape index (κ2) is 8.39. The lowest BCUT2D eigenvalue weighted by atomic mass is 10.1. The summed E-state index contributed by atoms with van der Waals surface area (Å²) in [5, 5.41) is 0. The number of pyridine rings is 1. The molecule has 1 aromatic rings. The number of nitrogens with zero attached hydrogens (tertiary/aromatic N) is 3. The maximum absolute atomic E-state index is 12.3. The van der Waals surface area contributed by atoms with Crippen molar-refractivity contribution >= 4 is 11.8 Å². The topological polar surface area (TPSA) is 53.5 Å². The Morgan fingerprint density at radius 1 is 1.05 bits per heavy atom. The number of hydrogen-bond donors (Lipinski definition) is 0. The van der Waals surface area contributed by atoms with E-state index in [1.54, 1.807) is 22.9 Å². The number of hydrogen-bond acceptors (Lipinski definition) is 3. The maximum Gasteiger partial charge on any atom is 0.255 e. The molecule has 2 amide bonds. The molecule has 0 fully saturated rings. The van der Waals surface area contributed by atoms with E-state index in [1.165, 1.54) is 12.4 Å². The average Bonchev–Trinajstić information content (AvgIpc) is 2.53. The van der Waals surface area contributed by atoms with E-state index >= 15 is 0 Å². The summed E-state index contributed by atoms with van der Waals surface area (Å²) >= 11 is 0. The highest BCUT2D eigenvalue weighted by Gasteiger charge is 2.17. The van der Waals surface area contributed by atoms with Crippen LogP contribution in [0, 0.1) is 0 Å². The van der Waals surface area contributed by atoms with Gasteiger partial charge in [-0.15, -0.1) is 0 Å². The van der Waals surface area contributed by atoms with Crippen molar-refractivity contribution in [1.82, 2.24) is 14.8 Å². The molecule has 5 nitrogen and oxygen atoms in total. The molecular formula is C16H25N3O2. The third kappa shape index (κ3) is 4.55. The Morgan fingerprint density at radius 3 is 2.14 bits per heavy atom. The van der Waals surface area contributed by atoms with Gasteiger partial charge in [0.05, 0.1) is 11.1 Å². The van der Waals surface area contributed by atoms with Crippen LogP contribution < -0.4 is 0 Å². The number of rotatable bonds is 7. The predicted octanol–water partition coefficient (Wildman–Crippen LogP) is 2.44. The molecule has 1 heterocycles. The normalized spacial score (nSPS) is 10.3. The molecule has 1 aromatic heterocycles. The van der Waals surface area contributed by atoms with Gasteiger partial charge in [-0.1, -0.05) is 13.3 Å². The molecule has 0 unspecified atom stereocenters. The van der Waals surface area contributed by atoms with Crippen LogP contribution in [0.3, 0.4) is 0 Å². The van der Waals surface area contributed by atoms with E-state index in [9.17, 15) is 9.59 Å². The molecule has 116 valence electrons. The van der Waals surface area contributed by atoms with Crippen molar-refractivity contribution in [2.75, 3.05) is 26.7 Å². The zero-order chi connectivity index (χ0) is 15.8. The van der Waals surface area contributed by atoms with Crippen LogP contribution >= 0.6 is 0 Å². The molecule has 0 saturated heterocycles. The molecule has 1 rings (SSSR count). The molecule has 0 atom stereocenters. The van der Waals surface area contributed by atoms with E-state index in [-0.39, 0.29) is 11.8 Å². The van der Waals surface area contributed by atoms with Gasteiger partial charge in [-0.3, -0.25) is 14.6 Å². The second-order valence-corrected chi connectivity index (χ2v) is 5.02. The van der Waals surface area contributed by atoms with Crippen LogP contribution in [0.2, 0.25) is 0 Å². The summed E-state index contributed by atoms with van der Waals surface area (Å²) in [4.78, 5) is 32.0. The summed E-state index contributed by atoms with van der Waals surface area (Å²) in [6.45, 7) is 7.95. The molecule has 0 aliphatic heterocycles. The van der Waals surface area contributed by atoms with E-state index in [0.717, 1.165) is 12.8 Å². The standard InChI is InChI=1S/C16H25N3O2/c1-5-8-9-18(4)15(20)13-10-14(12-17-11-13)16(21)19(6-2)7-3/h10-12H,5-9H2,1-4H3. The Morgan fingerprint density at radius 2 is 1.62 bits per heavy atom. The van der Waals surface area contributed by atoms with Gasteiger partial charge in [-0.25, -0.2) is 0 Å². The van der Waals surface area contributed by atoms with Gasteiger partial charge in [0, 0.05) is 39.1 Å². The quantitative estimate of drug-likeness (QED) is 0.775. The van der Waals surface area contributed by atoms with Gasteiger partial charge in [0.25, 0.3) is 11.8 Å². The van der Waals surface area contributed by atoms with Crippen LogP contribution in [0.5, 0.6) is 0 Å². The van der Waals surface area contributed by atoms with Crippen LogP contribution in [0.1, 0.15) is 54.3 Å². The van der Waals surface area contributed by atoms with Gasteiger partial charge in [0.2, 0.25) is 0 Å². The highest BCUT2D eigenvalue weighted by Crippen LogP contribution is 2.09. The highest BCUT2D eigenvalue weighted by atomic mass is 16.2. The summed E-state index contributed by atoms with van der Waals surface area (Å²) < 4.78 is 0. The zero-order valence-corrected chi connectivity index (χ0v) is 13.4. The third-order valence-corrected chi connectivity index (χ3v) is 3.48. The fourth-order valence-corrected chi connectivity index (χ4v) is 2.08. The van der Waals surface area contributed by atoms with E-state index < -0.39 is 0 Å². The smallest absolute Gasteiger partial charge is 0.255 e. The van der Waals surface area contributed by atoms with Gasteiger partial charge in [-0.05, 0) is 26.3 Å². The average molecular weight is 291 g/mol. The van der Waals surface area contributed by atoms with Crippen molar-refractivity contribution in [2.45, 2.75) is 33.6 Å². The summed E-state index contributed by atoms with van der Waals surface area (Å²) in [6, 6.07) is 1.64. The molecule has 0 radical (unpaired) electrons. The van der Waals surface area contributed by atoms with Crippen molar-refractivity contribution in [3.63, 3.8) is 0 Å². The SMILES string of the molecule is CCCCN(C)C(=O)c1cncc(C(=O)N(CC)CC)c1. The zero-order valence-electron chi connectivity index (χ0n) is 13.4. The lowest BCUT2D eigenvalue weighted by molar-refractivity contribution is 0.0772. The number of amides is 2. The fraction of sp³-hybridized carbons (Fsp3) is 0.562. The first-order chi connectivity index (χ1) is 10.0. The minimum absolute atomic E-state index is 0.0849. The lowest BCUT2D eigenvalue weighted by Gasteiger charge is -2.19. The molecule has 0 bridgehead atoms. The lowest BCUT2D eigenvalue weighted by Crippen LogP contribution is -2.31. The van der Waals surface area contributed by atoms with Gasteiger partial charge >= 0.3 is 0 Å². The van der Waals surface area contributed by atoms with E-state index in [1.807, 2.05) is 13.8 Å². The molecule has 0 N–H and O–H groups in total. The molecule has 0 aliphatic carbocycles. The fourth-order valence-electron chi connectivity index (χ4n) is 2.08. The molecule has 0 spiro atoms. The molecule has 0 aromatic carbocycles. The number of carbonyl (C=O) groups is 2. The van der Waals surface area contributed by atoms with Crippen molar-refractivity contribution in [2.24, 2.45) is 0 Å². The number of aromatic nitrogens is 1. The summed E-state index contributed by atoms with van der Waals surface area (Å²) in [7, 11) is 1.77. The Kier molecular flexibility index (Phi) is 6.85. The minimum Gasteiger partial charge on any atom is -0.342 e. The molecular weight excluding hydrogens is 266 g/mol. The Bertz CT molecular complexity index is 484. The van der Waals surface area contributed by atoms with Gasteiger partial charge in [0.1, 0.15) is 0 Å². The van der Waals surface area contributed by atoms with Crippen molar-refractivity contribution < 1.29 is 9.59 Å². The summed E-state index contributed by atoms with van der Waals surface area (Å²) in [5.41, 5.74) is 0.931. The Hall–Kier alpha value is -1.91.